The number of fused-ring (bicyclic) bond motifs is 1. The predicted molar refractivity (Wildman–Crippen MR) is 84.1 cm³/mol. The Labute approximate surface area is 127 Å². The van der Waals surface area contributed by atoms with Gasteiger partial charge in [-0.3, -0.25) is 14.4 Å². The van der Waals surface area contributed by atoms with E-state index < -0.39 is 11.1 Å². The van der Waals surface area contributed by atoms with Crippen LogP contribution in [0.3, 0.4) is 0 Å². The molecule has 0 spiro atoms. The molecule has 1 amide bonds. The summed E-state index contributed by atoms with van der Waals surface area (Å²) in [5.74, 6) is 0.335. The third kappa shape index (κ3) is 2.81. The minimum atomic E-state index is -0.717. The first-order valence-electron chi connectivity index (χ1n) is 7.62. The van der Waals surface area contributed by atoms with Gasteiger partial charge in [0, 0.05) is 11.6 Å². The van der Waals surface area contributed by atoms with Crippen LogP contribution in [0, 0.1) is 5.92 Å². The zero-order chi connectivity index (χ0) is 15.7. The molecule has 0 aliphatic heterocycles. The van der Waals surface area contributed by atoms with Crippen LogP contribution in [0.1, 0.15) is 43.0 Å². The molecule has 3 N–H and O–H groups in total. The average Bonchev–Trinajstić information content (AvgIpc) is 2.50. The fourth-order valence-electron chi connectivity index (χ4n) is 3.04. The van der Waals surface area contributed by atoms with Crippen molar-refractivity contribution in [3.05, 3.63) is 44.5 Å². The molecule has 1 saturated carbocycles. The number of aromatic nitrogens is 2. The van der Waals surface area contributed by atoms with Crippen molar-refractivity contribution < 1.29 is 4.79 Å². The molecule has 1 heterocycles. The number of carbonyl (C=O) groups is 1. The van der Waals surface area contributed by atoms with Gasteiger partial charge in [-0.2, -0.15) is 0 Å². The maximum Gasteiger partial charge on any atom is 0.314 e. The highest BCUT2D eigenvalue weighted by atomic mass is 16.2. The van der Waals surface area contributed by atoms with Gasteiger partial charge in [0.2, 0.25) is 0 Å². The molecule has 0 saturated heterocycles. The monoisotopic (exact) mass is 301 g/mol. The van der Waals surface area contributed by atoms with Crippen LogP contribution in [-0.4, -0.2) is 21.9 Å². The van der Waals surface area contributed by atoms with Crippen LogP contribution < -0.4 is 16.4 Å². The maximum atomic E-state index is 12.4. The summed E-state index contributed by atoms with van der Waals surface area (Å²) in [6, 6.07) is 5.08. The highest BCUT2D eigenvalue weighted by Crippen LogP contribution is 2.24. The lowest BCUT2D eigenvalue weighted by Gasteiger charge is -2.29. The van der Waals surface area contributed by atoms with Gasteiger partial charge < -0.3 is 15.3 Å². The summed E-state index contributed by atoms with van der Waals surface area (Å²) >= 11 is 0. The molecule has 1 aliphatic carbocycles. The summed E-state index contributed by atoms with van der Waals surface area (Å²) in [6.45, 7) is 2.16. The summed E-state index contributed by atoms with van der Waals surface area (Å²) in [6.07, 6.45) is 4.50. The van der Waals surface area contributed by atoms with Crippen molar-refractivity contribution in [1.29, 1.82) is 0 Å². The van der Waals surface area contributed by atoms with E-state index in [4.69, 9.17) is 0 Å². The smallest absolute Gasteiger partial charge is 0.314 e. The van der Waals surface area contributed by atoms with E-state index in [-0.39, 0.29) is 11.9 Å². The third-order valence-electron chi connectivity index (χ3n) is 4.41. The number of aromatic amines is 2. The van der Waals surface area contributed by atoms with E-state index >= 15 is 0 Å². The minimum Gasteiger partial charge on any atom is -0.349 e. The van der Waals surface area contributed by atoms with E-state index in [2.05, 4.69) is 22.2 Å². The molecular formula is C16H19N3O3. The van der Waals surface area contributed by atoms with Crippen molar-refractivity contribution >= 4 is 16.9 Å². The number of H-pyrrole nitrogens is 2. The maximum absolute atomic E-state index is 12.4. The molecule has 0 bridgehead atoms. The summed E-state index contributed by atoms with van der Waals surface area (Å²) in [7, 11) is 0. The fraction of sp³-hybridized carbons (Fsp3) is 0.438. The number of benzene rings is 1. The first-order chi connectivity index (χ1) is 10.5. The molecule has 2 atom stereocenters. The Morgan fingerprint density at radius 2 is 1.77 bits per heavy atom. The second-order valence-corrected chi connectivity index (χ2v) is 6.01. The first kappa shape index (κ1) is 14.6. The van der Waals surface area contributed by atoms with E-state index in [0.29, 0.717) is 22.5 Å². The Balaban J connectivity index is 1.86. The molecule has 3 rings (SSSR count). The molecule has 1 fully saturated rings. The molecule has 6 nitrogen and oxygen atoms in total. The van der Waals surface area contributed by atoms with Crippen molar-refractivity contribution in [2.24, 2.45) is 5.92 Å². The second-order valence-electron chi connectivity index (χ2n) is 6.01. The van der Waals surface area contributed by atoms with E-state index in [1.807, 2.05) is 0 Å². The number of hydrogen-bond acceptors (Lipinski definition) is 3. The molecule has 1 aromatic heterocycles. The molecule has 2 unspecified atom stereocenters. The Bertz CT molecular complexity index is 821. The molecule has 1 aromatic carbocycles. The quantitative estimate of drug-likeness (QED) is 0.734. The van der Waals surface area contributed by atoms with Gasteiger partial charge in [0.1, 0.15) is 0 Å². The summed E-state index contributed by atoms with van der Waals surface area (Å²) in [5, 5.41) is 3.07. The fourth-order valence-corrected chi connectivity index (χ4v) is 3.04. The lowest BCUT2D eigenvalue weighted by molar-refractivity contribution is 0.0910. The van der Waals surface area contributed by atoms with Gasteiger partial charge in [0.25, 0.3) is 5.91 Å². The number of nitrogens with one attached hydrogen (secondary N) is 3. The van der Waals surface area contributed by atoms with Crippen LogP contribution in [0.25, 0.3) is 11.0 Å². The SMILES string of the molecule is CC1CCCCC1NC(=O)c1ccc2[nH]c(=O)c(=O)[nH]c2c1. The van der Waals surface area contributed by atoms with Gasteiger partial charge in [0.15, 0.2) is 0 Å². The van der Waals surface area contributed by atoms with Crippen molar-refractivity contribution in [3.63, 3.8) is 0 Å². The van der Waals surface area contributed by atoms with E-state index in [1.54, 1.807) is 18.2 Å². The number of hydrogen-bond donors (Lipinski definition) is 3. The van der Waals surface area contributed by atoms with Gasteiger partial charge in [-0.15, -0.1) is 0 Å². The Morgan fingerprint density at radius 1 is 1.09 bits per heavy atom. The summed E-state index contributed by atoms with van der Waals surface area (Å²) in [5.41, 5.74) is 0.0285. The number of rotatable bonds is 2. The highest BCUT2D eigenvalue weighted by Gasteiger charge is 2.23. The van der Waals surface area contributed by atoms with E-state index in [1.165, 1.54) is 6.42 Å². The first-order valence-corrected chi connectivity index (χ1v) is 7.62. The standard InChI is InChI=1S/C16H19N3O3/c1-9-4-2-3-5-11(9)17-14(20)10-6-7-12-13(8-10)19-16(22)15(21)18-12/h6-9,11H,2-5H2,1H3,(H,17,20)(H,18,21)(H,19,22). The predicted octanol–water partition coefficient (Wildman–Crippen LogP) is 1.52. The summed E-state index contributed by atoms with van der Waals surface area (Å²) in [4.78, 5) is 40.0. The molecule has 22 heavy (non-hydrogen) atoms. The zero-order valence-electron chi connectivity index (χ0n) is 12.4. The van der Waals surface area contributed by atoms with Crippen LogP contribution in [0.2, 0.25) is 0 Å². The Morgan fingerprint density at radius 3 is 2.50 bits per heavy atom. The largest absolute Gasteiger partial charge is 0.349 e. The average molecular weight is 301 g/mol. The van der Waals surface area contributed by atoms with Crippen LogP contribution in [0.4, 0.5) is 0 Å². The minimum absolute atomic E-state index is 0.146. The third-order valence-corrected chi connectivity index (χ3v) is 4.41. The number of amides is 1. The highest BCUT2D eigenvalue weighted by molar-refractivity contribution is 5.97. The van der Waals surface area contributed by atoms with Crippen LogP contribution in [0.5, 0.6) is 0 Å². The van der Waals surface area contributed by atoms with Gasteiger partial charge in [-0.25, -0.2) is 0 Å². The van der Waals surface area contributed by atoms with Crippen LogP contribution in [0.15, 0.2) is 27.8 Å². The van der Waals surface area contributed by atoms with E-state index in [0.717, 1.165) is 19.3 Å². The van der Waals surface area contributed by atoms with Gasteiger partial charge in [0.05, 0.1) is 11.0 Å². The number of carbonyl (C=O) groups excluding carboxylic acids is 1. The summed E-state index contributed by atoms with van der Waals surface area (Å²) < 4.78 is 0. The second kappa shape index (κ2) is 5.79. The molecule has 1 aliphatic rings. The lowest BCUT2D eigenvalue weighted by atomic mass is 9.86. The van der Waals surface area contributed by atoms with Gasteiger partial charge in [-0.1, -0.05) is 19.8 Å². The molecule has 2 aromatic rings. The van der Waals surface area contributed by atoms with Crippen LogP contribution in [-0.2, 0) is 0 Å². The molecule has 6 heteroatoms. The van der Waals surface area contributed by atoms with Crippen molar-refractivity contribution in [2.45, 2.75) is 38.6 Å². The Hall–Kier alpha value is -2.37. The van der Waals surface area contributed by atoms with Gasteiger partial charge in [-0.05, 0) is 37.0 Å². The topological polar surface area (TPSA) is 94.8 Å². The van der Waals surface area contributed by atoms with Crippen molar-refractivity contribution in [1.82, 2.24) is 15.3 Å². The zero-order valence-corrected chi connectivity index (χ0v) is 12.4. The van der Waals surface area contributed by atoms with Crippen molar-refractivity contribution in [3.8, 4) is 0 Å². The normalized spacial score (nSPS) is 21.7. The van der Waals surface area contributed by atoms with Crippen molar-refractivity contribution in [2.75, 3.05) is 0 Å². The van der Waals surface area contributed by atoms with E-state index in [9.17, 15) is 14.4 Å². The molecular weight excluding hydrogens is 282 g/mol. The Kier molecular flexibility index (Phi) is 3.83. The molecule has 116 valence electrons. The van der Waals surface area contributed by atoms with Crippen LogP contribution >= 0.6 is 0 Å². The molecule has 0 radical (unpaired) electrons. The van der Waals surface area contributed by atoms with Gasteiger partial charge >= 0.3 is 11.1 Å². The lowest BCUT2D eigenvalue weighted by Crippen LogP contribution is -2.41.